The molecule has 1 aromatic carbocycles. The van der Waals surface area contributed by atoms with Gasteiger partial charge in [-0.2, -0.15) is 11.3 Å². The number of fused-ring (bicyclic) bond motifs is 1. The van der Waals surface area contributed by atoms with Crippen molar-refractivity contribution in [3.05, 3.63) is 58.0 Å². The minimum atomic E-state index is 0.237. The monoisotopic (exact) mass is 285 g/mol. The van der Waals surface area contributed by atoms with E-state index in [0.29, 0.717) is 0 Å². The van der Waals surface area contributed by atoms with Crippen LogP contribution in [-0.4, -0.2) is 6.54 Å². The molecular formula is C17H19NOS. The maximum absolute atomic E-state index is 6.10. The first-order valence-corrected chi connectivity index (χ1v) is 7.95. The molecule has 1 unspecified atom stereocenters. The topological polar surface area (TPSA) is 25.2 Å². The van der Waals surface area contributed by atoms with Gasteiger partial charge < -0.3 is 9.73 Å². The summed E-state index contributed by atoms with van der Waals surface area (Å²) >= 11 is 1.74. The van der Waals surface area contributed by atoms with Crippen molar-refractivity contribution in [2.24, 2.45) is 0 Å². The highest BCUT2D eigenvalue weighted by molar-refractivity contribution is 7.07. The zero-order valence-corrected chi connectivity index (χ0v) is 12.7. The zero-order valence-electron chi connectivity index (χ0n) is 11.8. The standard InChI is InChI=1S/C17H19NOS/c1-3-18-15(9-13-7-8-20-11-13)16-10-14-6-4-5-12(2)17(14)19-16/h4-8,10-11,15,18H,3,9H2,1-2H3. The van der Waals surface area contributed by atoms with Crippen LogP contribution >= 0.6 is 11.3 Å². The van der Waals surface area contributed by atoms with E-state index in [4.69, 9.17) is 4.42 Å². The second kappa shape index (κ2) is 5.81. The fraction of sp³-hybridized carbons (Fsp3) is 0.294. The van der Waals surface area contributed by atoms with Crippen molar-refractivity contribution in [1.29, 1.82) is 0 Å². The van der Waals surface area contributed by atoms with E-state index < -0.39 is 0 Å². The number of benzene rings is 1. The quantitative estimate of drug-likeness (QED) is 0.735. The van der Waals surface area contributed by atoms with Crippen molar-refractivity contribution >= 4 is 22.3 Å². The Morgan fingerprint density at radius 3 is 2.90 bits per heavy atom. The molecule has 0 radical (unpaired) electrons. The molecular weight excluding hydrogens is 266 g/mol. The number of aryl methyl sites for hydroxylation is 1. The molecule has 0 amide bonds. The van der Waals surface area contributed by atoms with Gasteiger partial charge in [0.05, 0.1) is 6.04 Å². The van der Waals surface area contributed by atoms with Crippen LogP contribution in [0, 0.1) is 6.92 Å². The van der Waals surface area contributed by atoms with Gasteiger partial charge in [-0.05, 0) is 53.9 Å². The lowest BCUT2D eigenvalue weighted by Gasteiger charge is -2.14. The Morgan fingerprint density at radius 1 is 1.30 bits per heavy atom. The second-order valence-corrected chi connectivity index (χ2v) is 5.87. The van der Waals surface area contributed by atoms with Crippen molar-refractivity contribution in [2.75, 3.05) is 6.54 Å². The molecule has 0 saturated heterocycles. The minimum absolute atomic E-state index is 0.237. The molecule has 0 aliphatic rings. The van der Waals surface area contributed by atoms with Crippen LogP contribution in [0.15, 0.2) is 45.5 Å². The van der Waals surface area contributed by atoms with Crippen molar-refractivity contribution in [1.82, 2.24) is 5.32 Å². The number of nitrogens with one attached hydrogen (secondary N) is 1. The number of hydrogen-bond acceptors (Lipinski definition) is 3. The summed E-state index contributed by atoms with van der Waals surface area (Å²) in [6.45, 7) is 5.16. The first-order valence-electron chi connectivity index (χ1n) is 7.01. The maximum atomic E-state index is 6.10. The average molecular weight is 285 g/mol. The third-order valence-electron chi connectivity index (χ3n) is 3.57. The van der Waals surface area contributed by atoms with E-state index in [1.165, 1.54) is 16.5 Å². The molecule has 0 saturated carbocycles. The van der Waals surface area contributed by atoms with Crippen LogP contribution in [0.1, 0.15) is 29.9 Å². The Bertz CT molecular complexity index is 684. The van der Waals surface area contributed by atoms with Crippen LogP contribution in [-0.2, 0) is 6.42 Å². The predicted octanol–water partition coefficient (Wildman–Crippen LogP) is 4.70. The van der Waals surface area contributed by atoms with Gasteiger partial charge in [-0.25, -0.2) is 0 Å². The Hall–Kier alpha value is -1.58. The van der Waals surface area contributed by atoms with E-state index in [1.54, 1.807) is 11.3 Å². The van der Waals surface area contributed by atoms with E-state index in [9.17, 15) is 0 Å². The van der Waals surface area contributed by atoms with E-state index in [-0.39, 0.29) is 6.04 Å². The number of likely N-dealkylation sites (N-methyl/N-ethyl adjacent to an activating group) is 1. The summed E-state index contributed by atoms with van der Waals surface area (Å²) in [5.41, 5.74) is 3.56. The van der Waals surface area contributed by atoms with Gasteiger partial charge in [-0.15, -0.1) is 0 Å². The third-order valence-corrected chi connectivity index (χ3v) is 4.31. The van der Waals surface area contributed by atoms with E-state index in [0.717, 1.165) is 24.3 Å². The molecule has 0 spiro atoms. The molecule has 3 rings (SSSR count). The van der Waals surface area contributed by atoms with Crippen LogP contribution in [0.5, 0.6) is 0 Å². The first kappa shape index (κ1) is 13.4. The number of hydrogen-bond donors (Lipinski definition) is 1. The summed E-state index contributed by atoms with van der Waals surface area (Å²) in [7, 11) is 0. The van der Waals surface area contributed by atoms with E-state index in [1.807, 2.05) is 0 Å². The molecule has 0 aliphatic heterocycles. The molecule has 20 heavy (non-hydrogen) atoms. The largest absolute Gasteiger partial charge is 0.459 e. The van der Waals surface area contributed by atoms with Crippen molar-refractivity contribution in [3.8, 4) is 0 Å². The fourth-order valence-corrected chi connectivity index (χ4v) is 3.25. The van der Waals surface area contributed by atoms with Gasteiger partial charge in [0.25, 0.3) is 0 Å². The molecule has 3 aromatic rings. The Labute approximate surface area is 123 Å². The number of para-hydroxylation sites is 1. The van der Waals surface area contributed by atoms with Gasteiger partial charge in [-0.3, -0.25) is 0 Å². The van der Waals surface area contributed by atoms with Crippen molar-refractivity contribution in [3.63, 3.8) is 0 Å². The molecule has 1 atom stereocenters. The molecule has 0 fully saturated rings. The van der Waals surface area contributed by atoms with Gasteiger partial charge in [-0.1, -0.05) is 25.1 Å². The fourth-order valence-electron chi connectivity index (χ4n) is 2.56. The molecule has 2 aromatic heterocycles. The number of furan rings is 1. The van der Waals surface area contributed by atoms with Crippen LogP contribution in [0.3, 0.4) is 0 Å². The minimum Gasteiger partial charge on any atom is -0.459 e. The summed E-state index contributed by atoms with van der Waals surface area (Å²) < 4.78 is 6.10. The summed E-state index contributed by atoms with van der Waals surface area (Å²) in [6, 6.07) is 10.9. The molecule has 104 valence electrons. The van der Waals surface area contributed by atoms with Gasteiger partial charge in [0.15, 0.2) is 0 Å². The lowest BCUT2D eigenvalue weighted by atomic mass is 10.1. The maximum Gasteiger partial charge on any atom is 0.137 e. The Morgan fingerprint density at radius 2 is 2.20 bits per heavy atom. The summed E-state index contributed by atoms with van der Waals surface area (Å²) in [6.07, 6.45) is 0.968. The van der Waals surface area contributed by atoms with Crippen LogP contribution < -0.4 is 5.32 Å². The lowest BCUT2D eigenvalue weighted by molar-refractivity contribution is 0.434. The normalized spacial score (nSPS) is 12.9. The highest BCUT2D eigenvalue weighted by Gasteiger charge is 2.17. The molecule has 1 N–H and O–H groups in total. The third kappa shape index (κ3) is 2.65. The van der Waals surface area contributed by atoms with Crippen molar-refractivity contribution in [2.45, 2.75) is 26.3 Å². The summed E-state index contributed by atoms with van der Waals surface area (Å²) in [5, 5.41) is 9.05. The van der Waals surface area contributed by atoms with Crippen LogP contribution in [0.25, 0.3) is 11.0 Å². The lowest BCUT2D eigenvalue weighted by Crippen LogP contribution is -2.22. The van der Waals surface area contributed by atoms with Gasteiger partial charge in [0.2, 0.25) is 0 Å². The zero-order chi connectivity index (χ0) is 13.9. The highest BCUT2D eigenvalue weighted by atomic mass is 32.1. The Kier molecular flexibility index (Phi) is 3.90. The van der Waals surface area contributed by atoms with Gasteiger partial charge in [0.1, 0.15) is 11.3 Å². The molecule has 2 heterocycles. The Balaban J connectivity index is 1.94. The van der Waals surface area contributed by atoms with Crippen molar-refractivity contribution < 1.29 is 4.42 Å². The highest BCUT2D eigenvalue weighted by Crippen LogP contribution is 2.28. The smallest absolute Gasteiger partial charge is 0.137 e. The van der Waals surface area contributed by atoms with Crippen LogP contribution in [0.2, 0.25) is 0 Å². The summed E-state index contributed by atoms with van der Waals surface area (Å²) in [5.74, 6) is 1.03. The average Bonchev–Trinajstić information content (AvgIpc) is 3.07. The SMILES string of the molecule is CCNC(Cc1ccsc1)c1cc2cccc(C)c2o1. The first-order chi connectivity index (χ1) is 9.78. The van der Waals surface area contributed by atoms with E-state index >= 15 is 0 Å². The molecule has 3 heteroatoms. The number of thiophene rings is 1. The van der Waals surface area contributed by atoms with Crippen LogP contribution in [0.4, 0.5) is 0 Å². The number of rotatable bonds is 5. The molecule has 0 bridgehead atoms. The van der Waals surface area contributed by atoms with Gasteiger partial charge >= 0.3 is 0 Å². The van der Waals surface area contributed by atoms with Gasteiger partial charge in [0, 0.05) is 5.39 Å². The summed E-state index contributed by atoms with van der Waals surface area (Å²) in [4.78, 5) is 0. The van der Waals surface area contributed by atoms with E-state index in [2.05, 4.69) is 60.3 Å². The molecule has 0 aliphatic carbocycles. The second-order valence-electron chi connectivity index (χ2n) is 5.09. The molecule has 2 nitrogen and oxygen atoms in total. The predicted molar refractivity (Wildman–Crippen MR) is 85.4 cm³/mol.